The Kier molecular flexibility index (Phi) is 5.10. The van der Waals surface area contributed by atoms with Gasteiger partial charge in [0.2, 0.25) is 5.91 Å². The highest BCUT2D eigenvalue weighted by Gasteiger charge is 2.23. The number of carbonyl (C=O) groups excluding carboxylic acids is 3. The molecule has 0 aliphatic heterocycles. The second-order valence-corrected chi connectivity index (χ2v) is 6.71. The van der Waals surface area contributed by atoms with Crippen LogP contribution in [0.2, 0.25) is 0 Å². The minimum absolute atomic E-state index is 0.101. The van der Waals surface area contributed by atoms with Gasteiger partial charge in [0.1, 0.15) is 18.2 Å². The first kappa shape index (κ1) is 18.4. The van der Waals surface area contributed by atoms with Crippen LogP contribution in [0.3, 0.4) is 0 Å². The van der Waals surface area contributed by atoms with E-state index in [1.165, 1.54) is 4.68 Å². The highest BCUT2D eigenvalue weighted by atomic mass is 16.6. The number of hydrogen-bond donors (Lipinski definition) is 2. The second kappa shape index (κ2) is 6.92. The number of rotatable bonds is 5. The summed E-state index contributed by atoms with van der Waals surface area (Å²) < 4.78 is 6.60. The van der Waals surface area contributed by atoms with E-state index in [0.717, 1.165) is 0 Å². The van der Waals surface area contributed by atoms with Crippen LogP contribution in [0.4, 0.5) is 0 Å². The SMILES string of the molecule is C[C@H](NC(=O)Cn1nc(C(N)=O)c2ccccc21)C(=O)OC(C)(C)C. The van der Waals surface area contributed by atoms with Crippen LogP contribution in [0, 0.1) is 0 Å². The molecule has 0 spiro atoms. The summed E-state index contributed by atoms with van der Waals surface area (Å²) in [7, 11) is 0. The molecule has 0 aliphatic rings. The summed E-state index contributed by atoms with van der Waals surface area (Å²) in [6.07, 6.45) is 0. The van der Waals surface area contributed by atoms with Crippen molar-refractivity contribution >= 4 is 28.7 Å². The maximum atomic E-state index is 12.2. The lowest BCUT2D eigenvalue weighted by Crippen LogP contribution is -2.43. The standard InChI is InChI=1S/C17H22N4O4/c1-10(16(24)25-17(2,3)4)19-13(22)9-21-12-8-6-5-7-11(12)14(20-21)15(18)23/h5-8,10H,9H2,1-4H3,(H2,18,23)(H,19,22)/t10-/m0/s1. The summed E-state index contributed by atoms with van der Waals surface area (Å²) in [5, 5.41) is 7.24. The van der Waals surface area contributed by atoms with Gasteiger partial charge in [-0.05, 0) is 33.8 Å². The van der Waals surface area contributed by atoms with Gasteiger partial charge in [0.25, 0.3) is 5.91 Å². The molecule has 2 aromatic rings. The molecule has 1 atom stereocenters. The lowest BCUT2D eigenvalue weighted by Gasteiger charge is -2.22. The fourth-order valence-corrected chi connectivity index (χ4v) is 2.30. The van der Waals surface area contributed by atoms with Gasteiger partial charge in [0.15, 0.2) is 5.69 Å². The molecule has 8 heteroatoms. The number of nitrogens with one attached hydrogen (secondary N) is 1. The summed E-state index contributed by atoms with van der Waals surface area (Å²) in [4.78, 5) is 35.7. The van der Waals surface area contributed by atoms with Gasteiger partial charge in [-0.15, -0.1) is 0 Å². The maximum Gasteiger partial charge on any atom is 0.328 e. The van der Waals surface area contributed by atoms with E-state index in [-0.39, 0.29) is 12.2 Å². The molecule has 2 amide bonds. The van der Waals surface area contributed by atoms with Gasteiger partial charge < -0.3 is 15.8 Å². The van der Waals surface area contributed by atoms with Crippen molar-refractivity contribution in [3.05, 3.63) is 30.0 Å². The van der Waals surface area contributed by atoms with E-state index in [4.69, 9.17) is 10.5 Å². The van der Waals surface area contributed by atoms with E-state index in [9.17, 15) is 14.4 Å². The van der Waals surface area contributed by atoms with Crippen molar-refractivity contribution in [2.24, 2.45) is 5.73 Å². The Hall–Kier alpha value is -2.90. The van der Waals surface area contributed by atoms with Gasteiger partial charge in [-0.2, -0.15) is 5.10 Å². The van der Waals surface area contributed by atoms with Crippen molar-refractivity contribution in [2.45, 2.75) is 45.9 Å². The largest absolute Gasteiger partial charge is 0.458 e. The van der Waals surface area contributed by atoms with Gasteiger partial charge in [-0.25, -0.2) is 4.79 Å². The molecule has 0 saturated carbocycles. The van der Waals surface area contributed by atoms with Crippen molar-refractivity contribution in [1.29, 1.82) is 0 Å². The van der Waals surface area contributed by atoms with Crippen molar-refractivity contribution in [3.8, 4) is 0 Å². The van der Waals surface area contributed by atoms with Gasteiger partial charge in [-0.3, -0.25) is 14.3 Å². The first-order valence-electron chi connectivity index (χ1n) is 7.86. The van der Waals surface area contributed by atoms with E-state index in [1.807, 2.05) is 0 Å². The number of nitrogens with zero attached hydrogens (tertiary/aromatic N) is 2. The number of amides is 2. The lowest BCUT2D eigenvalue weighted by molar-refractivity contribution is -0.158. The molecule has 1 aromatic carbocycles. The number of ether oxygens (including phenoxy) is 1. The van der Waals surface area contributed by atoms with Crippen LogP contribution in [0.5, 0.6) is 0 Å². The molecule has 0 aliphatic carbocycles. The molecule has 1 heterocycles. The zero-order chi connectivity index (χ0) is 18.8. The van der Waals surface area contributed by atoms with E-state index in [2.05, 4.69) is 10.4 Å². The number of primary amides is 1. The van der Waals surface area contributed by atoms with Crippen molar-refractivity contribution < 1.29 is 19.1 Å². The Labute approximate surface area is 145 Å². The van der Waals surface area contributed by atoms with E-state index in [0.29, 0.717) is 10.9 Å². The van der Waals surface area contributed by atoms with Crippen LogP contribution in [-0.4, -0.2) is 39.2 Å². The first-order valence-corrected chi connectivity index (χ1v) is 7.86. The van der Waals surface area contributed by atoms with Crippen LogP contribution in [0.1, 0.15) is 38.2 Å². The molecular formula is C17H22N4O4. The highest BCUT2D eigenvalue weighted by molar-refractivity contribution is 6.04. The van der Waals surface area contributed by atoms with Crippen molar-refractivity contribution in [3.63, 3.8) is 0 Å². The summed E-state index contributed by atoms with van der Waals surface area (Å²) in [5.74, 6) is -1.62. The van der Waals surface area contributed by atoms with Gasteiger partial charge >= 0.3 is 5.97 Å². The Morgan fingerprint density at radius 2 is 1.92 bits per heavy atom. The molecule has 3 N–H and O–H groups in total. The average molecular weight is 346 g/mol. The minimum atomic E-state index is -0.802. The molecule has 0 saturated heterocycles. The summed E-state index contributed by atoms with van der Waals surface area (Å²) in [6, 6.07) is 6.17. The minimum Gasteiger partial charge on any atom is -0.458 e. The molecule has 1 aromatic heterocycles. The third-order valence-corrected chi connectivity index (χ3v) is 3.32. The van der Waals surface area contributed by atoms with E-state index < -0.39 is 29.4 Å². The number of nitrogens with two attached hydrogens (primary N) is 1. The average Bonchev–Trinajstić information content (AvgIpc) is 2.84. The first-order chi connectivity index (χ1) is 11.6. The molecule has 0 bridgehead atoms. The number of hydrogen-bond acceptors (Lipinski definition) is 5. The summed E-state index contributed by atoms with van der Waals surface area (Å²) in [6.45, 7) is 6.64. The molecule has 134 valence electrons. The smallest absolute Gasteiger partial charge is 0.328 e. The Bertz CT molecular complexity index is 820. The van der Waals surface area contributed by atoms with Gasteiger partial charge in [0.05, 0.1) is 5.52 Å². The number of para-hydroxylation sites is 1. The number of esters is 1. The van der Waals surface area contributed by atoms with Crippen molar-refractivity contribution in [2.75, 3.05) is 0 Å². The molecule has 0 fully saturated rings. The number of carbonyl (C=O) groups is 3. The monoisotopic (exact) mass is 346 g/mol. The van der Waals surface area contributed by atoms with Crippen LogP contribution >= 0.6 is 0 Å². The Morgan fingerprint density at radius 3 is 2.52 bits per heavy atom. The molecule has 2 rings (SSSR count). The highest BCUT2D eigenvalue weighted by Crippen LogP contribution is 2.18. The lowest BCUT2D eigenvalue weighted by atomic mass is 10.2. The predicted molar refractivity (Wildman–Crippen MR) is 91.7 cm³/mol. The molecular weight excluding hydrogens is 324 g/mol. The zero-order valence-corrected chi connectivity index (χ0v) is 14.7. The molecule has 8 nitrogen and oxygen atoms in total. The molecule has 25 heavy (non-hydrogen) atoms. The van der Waals surface area contributed by atoms with Crippen LogP contribution in [-0.2, 0) is 20.9 Å². The van der Waals surface area contributed by atoms with Crippen molar-refractivity contribution in [1.82, 2.24) is 15.1 Å². The quantitative estimate of drug-likeness (QED) is 0.783. The van der Waals surface area contributed by atoms with Gasteiger partial charge in [-0.1, -0.05) is 18.2 Å². The van der Waals surface area contributed by atoms with Crippen LogP contribution < -0.4 is 11.1 Å². The maximum absolute atomic E-state index is 12.2. The summed E-state index contributed by atoms with van der Waals surface area (Å²) in [5.41, 5.74) is 5.40. The Balaban J connectivity index is 2.12. The molecule has 0 radical (unpaired) electrons. The molecule has 0 unspecified atom stereocenters. The van der Waals surface area contributed by atoms with Crippen LogP contribution in [0.25, 0.3) is 10.9 Å². The number of benzene rings is 1. The predicted octanol–water partition coefficient (Wildman–Crippen LogP) is 0.982. The zero-order valence-electron chi connectivity index (χ0n) is 14.7. The number of fused-ring (bicyclic) bond motifs is 1. The number of aromatic nitrogens is 2. The van der Waals surface area contributed by atoms with E-state index >= 15 is 0 Å². The van der Waals surface area contributed by atoms with Crippen LogP contribution in [0.15, 0.2) is 24.3 Å². The normalized spacial score (nSPS) is 12.6. The summed E-state index contributed by atoms with van der Waals surface area (Å²) >= 11 is 0. The second-order valence-electron chi connectivity index (χ2n) is 6.71. The van der Waals surface area contributed by atoms with E-state index in [1.54, 1.807) is 52.0 Å². The van der Waals surface area contributed by atoms with Gasteiger partial charge in [0, 0.05) is 5.39 Å². The fourth-order valence-electron chi connectivity index (χ4n) is 2.30. The third kappa shape index (κ3) is 4.56. The topological polar surface area (TPSA) is 116 Å². The Morgan fingerprint density at radius 1 is 1.28 bits per heavy atom. The fraction of sp³-hybridized carbons (Fsp3) is 0.412. The third-order valence-electron chi connectivity index (χ3n) is 3.32.